The van der Waals surface area contributed by atoms with Crippen molar-refractivity contribution in [1.82, 2.24) is 10.0 Å². The molecule has 8 heteroatoms. The van der Waals surface area contributed by atoms with Crippen LogP contribution >= 0.6 is 23.2 Å². The van der Waals surface area contributed by atoms with Crippen LogP contribution in [0.5, 0.6) is 0 Å². The average Bonchev–Trinajstić information content (AvgIpc) is 2.38. The monoisotopic (exact) mass is 354 g/mol. The highest BCUT2D eigenvalue weighted by molar-refractivity contribution is 7.89. The SMILES string of the molecule is CNCc1cc(S(=O)(=O)NC(C)CCOC)c(Cl)cc1Cl. The van der Waals surface area contributed by atoms with Crippen molar-refractivity contribution >= 4 is 33.2 Å². The summed E-state index contributed by atoms with van der Waals surface area (Å²) in [6.07, 6.45) is 0.574. The predicted molar refractivity (Wildman–Crippen MR) is 85.5 cm³/mol. The van der Waals surface area contributed by atoms with Crippen molar-refractivity contribution in [2.24, 2.45) is 0 Å². The van der Waals surface area contributed by atoms with Crippen LogP contribution in [0.4, 0.5) is 0 Å². The number of sulfonamides is 1. The van der Waals surface area contributed by atoms with E-state index < -0.39 is 10.0 Å². The van der Waals surface area contributed by atoms with Crippen LogP contribution in [-0.4, -0.2) is 35.2 Å². The van der Waals surface area contributed by atoms with Crippen LogP contribution in [0.1, 0.15) is 18.9 Å². The molecular weight excluding hydrogens is 335 g/mol. The molecule has 1 unspecified atom stereocenters. The lowest BCUT2D eigenvalue weighted by atomic mass is 10.2. The first kappa shape index (κ1) is 18.7. The van der Waals surface area contributed by atoms with Gasteiger partial charge in [0, 0.05) is 31.3 Å². The number of halogens is 2. The van der Waals surface area contributed by atoms with Gasteiger partial charge in [0.2, 0.25) is 10.0 Å². The zero-order chi connectivity index (χ0) is 16.0. The highest BCUT2D eigenvalue weighted by Gasteiger charge is 2.22. The summed E-state index contributed by atoms with van der Waals surface area (Å²) in [4.78, 5) is 0.0306. The van der Waals surface area contributed by atoms with Crippen LogP contribution in [0.2, 0.25) is 10.0 Å². The average molecular weight is 355 g/mol. The number of hydrogen-bond acceptors (Lipinski definition) is 4. The number of hydrogen-bond donors (Lipinski definition) is 2. The molecule has 5 nitrogen and oxygen atoms in total. The molecule has 0 fully saturated rings. The predicted octanol–water partition coefficient (Wildman–Crippen LogP) is 2.42. The van der Waals surface area contributed by atoms with Crippen molar-refractivity contribution < 1.29 is 13.2 Å². The van der Waals surface area contributed by atoms with Crippen molar-refractivity contribution in [2.45, 2.75) is 30.8 Å². The van der Waals surface area contributed by atoms with Crippen LogP contribution < -0.4 is 10.0 Å². The summed E-state index contributed by atoms with van der Waals surface area (Å²) in [5.41, 5.74) is 0.675. The third kappa shape index (κ3) is 5.39. The molecular formula is C13H20Cl2N2O3S. The summed E-state index contributed by atoms with van der Waals surface area (Å²) in [5.74, 6) is 0. The molecule has 0 aliphatic heterocycles. The summed E-state index contributed by atoms with van der Waals surface area (Å²) >= 11 is 12.1. The molecule has 0 aromatic heterocycles. The lowest BCUT2D eigenvalue weighted by Crippen LogP contribution is -2.33. The molecule has 0 saturated carbocycles. The fourth-order valence-corrected chi connectivity index (χ4v) is 3.93. The lowest BCUT2D eigenvalue weighted by Gasteiger charge is -2.16. The molecule has 120 valence electrons. The third-order valence-electron chi connectivity index (χ3n) is 2.87. The Labute approximate surface area is 136 Å². The molecule has 0 saturated heterocycles. The molecule has 1 aromatic carbocycles. The second-order valence-corrected chi connectivity index (χ2v) is 7.20. The van der Waals surface area contributed by atoms with Gasteiger partial charge in [-0.2, -0.15) is 0 Å². The van der Waals surface area contributed by atoms with Gasteiger partial charge in [0.1, 0.15) is 4.90 Å². The Hall–Kier alpha value is -0.370. The fourth-order valence-electron chi connectivity index (χ4n) is 1.78. The third-order valence-corrected chi connectivity index (χ3v) is 5.28. The van der Waals surface area contributed by atoms with E-state index in [1.54, 1.807) is 21.1 Å². The maximum atomic E-state index is 12.4. The second-order valence-electron chi connectivity index (χ2n) is 4.71. The molecule has 2 N–H and O–H groups in total. The van der Waals surface area contributed by atoms with Crippen LogP contribution in [0.15, 0.2) is 17.0 Å². The number of ether oxygens (including phenoxy) is 1. The van der Waals surface area contributed by atoms with Crippen LogP contribution in [0, 0.1) is 0 Å². The molecule has 0 radical (unpaired) electrons. The molecule has 0 spiro atoms. The summed E-state index contributed by atoms with van der Waals surface area (Å²) in [6, 6.07) is 2.69. The zero-order valence-electron chi connectivity index (χ0n) is 12.2. The van der Waals surface area contributed by atoms with Crippen LogP contribution in [0.25, 0.3) is 0 Å². The molecule has 0 aliphatic carbocycles. The smallest absolute Gasteiger partial charge is 0.242 e. The fraction of sp³-hybridized carbons (Fsp3) is 0.538. The highest BCUT2D eigenvalue weighted by atomic mass is 35.5. The Morgan fingerprint density at radius 1 is 1.29 bits per heavy atom. The Morgan fingerprint density at radius 2 is 1.95 bits per heavy atom. The van der Waals surface area contributed by atoms with Gasteiger partial charge in [-0.1, -0.05) is 23.2 Å². The van der Waals surface area contributed by atoms with Gasteiger partial charge in [0.05, 0.1) is 5.02 Å². The van der Waals surface area contributed by atoms with Gasteiger partial charge in [0.25, 0.3) is 0 Å². The minimum absolute atomic E-state index is 0.0306. The Morgan fingerprint density at radius 3 is 2.52 bits per heavy atom. The van der Waals surface area contributed by atoms with E-state index in [4.69, 9.17) is 27.9 Å². The van der Waals surface area contributed by atoms with E-state index in [9.17, 15) is 8.42 Å². The summed E-state index contributed by atoms with van der Waals surface area (Å²) in [7, 11) is -0.377. The minimum atomic E-state index is -3.70. The zero-order valence-corrected chi connectivity index (χ0v) is 14.6. The molecule has 1 aromatic rings. The number of nitrogens with one attached hydrogen (secondary N) is 2. The number of rotatable bonds is 8. The van der Waals surface area contributed by atoms with Crippen molar-refractivity contribution in [3.05, 3.63) is 27.7 Å². The largest absolute Gasteiger partial charge is 0.385 e. The lowest BCUT2D eigenvalue weighted by molar-refractivity contribution is 0.188. The van der Waals surface area contributed by atoms with Gasteiger partial charge < -0.3 is 10.1 Å². The Balaban J connectivity index is 3.04. The number of benzene rings is 1. The van der Waals surface area contributed by atoms with E-state index in [0.29, 0.717) is 30.2 Å². The van der Waals surface area contributed by atoms with Gasteiger partial charge in [-0.3, -0.25) is 0 Å². The molecule has 1 atom stereocenters. The normalized spacial score (nSPS) is 13.4. The van der Waals surface area contributed by atoms with E-state index in [-0.39, 0.29) is 16.0 Å². The van der Waals surface area contributed by atoms with Crippen LogP contribution in [0.3, 0.4) is 0 Å². The minimum Gasteiger partial charge on any atom is -0.385 e. The van der Waals surface area contributed by atoms with Gasteiger partial charge in [-0.05, 0) is 38.1 Å². The van der Waals surface area contributed by atoms with Crippen LogP contribution in [-0.2, 0) is 21.3 Å². The Kier molecular flexibility index (Phi) is 7.39. The van der Waals surface area contributed by atoms with Crippen molar-refractivity contribution in [2.75, 3.05) is 20.8 Å². The maximum Gasteiger partial charge on any atom is 0.242 e. The molecule has 0 bridgehead atoms. The quantitative estimate of drug-likeness (QED) is 0.752. The molecule has 0 amide bonds. The first-order valence-corrected chi connectivity index (χ1v) is 8.69. The summed E-state index contributed by atoms with van der Waals surface area (Å²) in [6.45, 7) is 2.70. The summed E-state index contributed by atoms with van der Waals surface area (Å²) in [5, 5.41) is 3.47. The van der Waals surface area contributed by atoms with Gasteiger partial charge in [0.15, 0.2) is 0 Å². The topological polar surface area (TPSA) is 67.4 Å². The van der Waals surface area contributed by atoms with Crippen molar-refractivity contribution in [1.29, 1.82) is 0 Å². The first-order valence-electron chi connectivity index (χ1n) is 6.45. The van der Waals surface area contributed by atoms with Gasteiger partial charge >= 0.3 is 0 Å². The molecule has 21 heavy (non-hydrogen) atoms. The van der Waals surface area contributed by atoms with E-state index in [1.807, 2.05) is 0 Å². The van der Waals surface area contributed by atoms with Gasteiger partial charge in [-0.25, -0.2) is 13.1 Å². The standard InChI is InChI=1S/C13H20Cl2N2O3S/c1-9(4-5-20-3)17-21(18,19)13-6-10(8-16-2)11(14)7-12(13)15/h6-7,9,16-17H,4-5,8H2,1-3H3. The number of methoxy groups -OCH3 is 1. The molecule has 1 rings (SSSR count). The highest BCUT2D eigenvalue weighted by Crippen LogP contribution is 2.28. The van der Waals surface area contributed by atoms with Gasteiger partial charge in [-0.15, -0.1) is 0 Å². The van der Waals surface area contributed by atoms with E-state index in [2.05, 4.69) is 10.0 Å². The molecule has 0 aliphatic rings. The Bertz CT molecular complexity index is 579. The van der Waals surface area contributed by atoms with Crippen molar-refractivity contribution in [3.63, 3.8) is 0 Å². The van der Waals surface area contributed by atoms with E-state index in [1.165, 1.54) is 12.1 Å². The van der Waals surface area contributed by atoms with Crippen molar-refractivity contribution in [3.8, 4) is 0 Å². The maximum absolute atomic E-state index is 12.4. The molecule has 0 heterocycles. The summed E-state index contributed by atoms with van der Waals surface area (Å²) < 4.78 is 32.3. The second kappa shape index (κ2) is 8.31. The van der Waals surface area contributed by atoms with E-state index in [0.717, 1.165) is 0 Å². The first-order chi connectivity index (χ1) is 9.81. The van der Waals surface area contributed by atoms with E-state index >= 15 is 0 Å².